The number of aromatic nitrogens is 1. The molecule has 0 aliphatic carbocycles. The summed E-state index contributed by atoms with van der Waals surface area (Å²) in [5.74, 6) is -0.0584. The van der Waals surface area contributed by atoms with Gasteiger partial charge >= 0.3 is 6.16 Å². The van der Waals surface area contributed by atoms with Crippen LogP contribution in [0.2, 0.25) is 0 Å². The number of hydrogen-bond acceptors (Lipinski definition) is 5. The Labute approximate surface area is 174 Å². The number of carbonyl (C=O) groups is 3. The lowest BCUT2D eigenvalue weighted by molar-refractivity contribution is -0.727. The summed E-state index contributed by atoms with van der Waals surface area (Å²) in [5, 5.41) is 2.61. The number of ether oxygens (including phenoxy) is 2. The molecule has 144 valence electrons. The number of pyridine rings is 1. The van der Waals surface area contributed by atoms with Gasteiger partial charge in [-0.3, -0.25) is 9.59 Å². The maximum Gasteiger partial charge on any atom is 0.518 e. The van der Waals surface area contributed by atoms with Crippen LogP contribution in [0.25, 0.3) is 0 Å². The van der Waals surface area contributed by atoms with E-state index in [9.17, 15) is 14.4 Å². The normalized spacial score (nSPS) is 9.59. The highest BCUT2D eigenvalue weighted by Crippen LogP contribution is 2.16. The molecule has 0 aliphatic heterocycles. The maximum absolute atomic E-state index is 11.9. The van der Waals surface area contributed by atoms with E-state index in [0.717, 1.165) is 0 Å². The van der Waals surface area contributed by atoms with Gasteiger partial charge in [0.15, 0.2) is 12.4 Å². The minimum atomic E-state index is -0.880. The molecular weight excluding hydrogens is 465 g/mol. The second-order valence-electron chi connectivity index (χ2n) is 5.64. The Morgan fingerprint density at radius 1 is 1.11 bits per heavy atom. The highest BCUT2D eigenvalue weighted by molar-refractivity contribution is 5.93. The largest absolute Gasteiger partial charge is 1.00 e. The summed E-state index contributed by atoms with van der Waals surface area (Å²) < 4.78 is 11.6. The molecule has 1 heterocycles. The molecule has 8 nitrogen and oxygen atoms in total. The van der Waals surface area contributed by atoms with E-state index in [1.807, 2.05) is 0 Å². The number of hydrogen-bond donors (Lipinski definition) is 1. The van der Waals surface area contributed by atoms with Crippen LogP contribution in [0.3, 0.4) is 0 Å². The average Bonchev–Trinajstić information content (AvgIpc) is 2.60. The van der Waals surface area contributed by atoms with Gasteiger partial charge < -0.3 is 43.7 Å². The summed E-state index contributed by atoms with van der Waals surface area (Å²) in [6, 6.07) is 9.65. The zero-order valence-corrected chi connectivity index (χ0v) is 17.3. The number of rotatable bonds is 5. The Balaban J connectivity index is 0.00000364. The molecule has 0 saturated carbocycles. The molecule has 1 aromatic heterocycles. The van der Waals surface area contributed by atoms with Crippen molar-refractivity contribution in [3.05, 3.63) is 54.4 Å². The highest BCUT2D eigenvalue weighted by Gasteiger charge is 2.14. The molecule has 0 saturated heterocycles. The maximum atomic E-state index is 11.9. The van der Waals surface area contributed by atoms with Crippen LogP contribution in [-0.2, 0) is 16.3 Å². The van der Waals surface area contributed by atoms with Gasteiger partial charge in [0.25, 0.3) is 12.6 Å². The average molecular weight is 485 g/mol. The van der Waals surface area contributed by atoms with Crippen molar-refractivity contribution < 1.29 is 52.4 Å². The highest BCUT2D eigenvalue weighted by atomic mass is 127. The van der Waals surface area contributed by atoms with Crippen molar-refractivity contribution in [3.8, 4) is 5.75 Å². The molecule has 27 heavy (non-hydrogen) atoms. The lowest BCUT2D eigenvalue weighted by Crippen LogP contribution is -3.00. The summed E-state index contributed by atoms with van der Waals surface area (Å²) in [5.41, 5.74) is 1.07. The Bertz CT molecular complexity index is 809. The van der Waals surface area contributed by atoms with Crippen molar-refractivity contribution in [3.63, 3.8) is 0 Å². The van der Waals surface area contributed by atoms with E-state index in [1.54, 1.807) is 55.3 Å². The predicted octanol–water partition coefficient (Wildman–Crippen LogP) is -1.19. The van der Waals surface area contributed by atoms with Gasteiger partial charge in [-0.2, -0.15) is 4.57 Å². The monoisotopic (exact) mass is 485 g/mol. The number of halogens is 1. The summed E-state index contributed by atoms with van der Waals surface area (Å²) in [7, 11) is 3.31. The second kappa shape index (κ2) is 10.5. The van der Waals surface area contributed by atoms with Gasteiger partial charge in [-0.15, -0.1) is 0 Å². The summed E-state index contributed by atoms with van der Waals surface area (Å²) in [6.07, 6.45) is 2.37. The fraction of sp³-hybridized carbons (Fsp3) is 0.222. The first-order chi connectivity index (χ1) is 12.3. The summed E-state index contributed by atoms with van der Waals surface area (Å²) >= 11 is 0. The molecule has 1 N–H and O–H groups in total. The molecule has 0 bridgehead atoms. The van der Waals surface area contributed by atoms with Gasteiger partial charge in [-0.25, -0.2) is 4.79 Å². The molecule has 9 heteroatoms. The summed E-state index contributed by atoms with van der Waals surface area (Å²) in [4.78, 5) is 36.1. The SMILES string of the molecule is CC(=O)Nc1ccc(OC(=O)OC[n+]2cccc(C(=O)N(C)C)c2)cc1.[I-]. The zero-order valence-electron chi connectivity index (χ0n) is 15.1. The molecule has 0 aliphatic rings. The number of benzene rings is 1. The van der Waals surface area contributed by atoms with Crippen molar-refractivity contribution >= 4 is 23.7 Å². The molecule has 1 aromatic carbocycles. The molecule has 2 aromatic rings. The second-order valence-corrected chi connectivity index (χ2v) is 5.64. The lowest BCUT2D eigenvalue weighted by Gasteiger charge is -2.09. The van der Waals surface area contributed by atoms with Crippen LogP contribution in [0.15, 0.2) is 48.8 Å². The molecular formula is C18H20IN3O5. The van der Waals surface area contributed by atoms with E-state index in [0.29, 0.717) is 11.3 Å². The van der Waals surface area contributed by atoms with Gasteiger partial charge in [-0.05, 0) is 30.3 Å². The van der Waals surface area contributed by atoms with Gasteiger partial charge in [0.05, 0.1) is 0 Å². The Hall–Kier alpha value is -2.69. The number of anilines is 1. The van der Waals surface area contributed by atoms with E-state index in [1.165, 1.54) is 24.0 Å². The quantitative estimate of drug-likeness (QED) is 0.249. The van der Waals surface area contributed by atoms with Crippen molar-refractivity contribution in [2.75, 3.05) is 19.4 Å². The number of amides is 2. The van der Waals surface area contributed by atoms with Gasteiger partial charge in [-0.1, -0.05) is 0 Å². The topological polar surface area (TPSA) is 88.8 Å². The lowest BCUT2D eigenvalue weighted by atomic mass is 10.2. The summed E-state index contributed by atoms with van der Waals surface area (Å²) in [6.45, 7) is 1.30. The van der Waals surface area contributed by atoms with E-state index < -0.39 is 6.16 Å². The Morgan fingerprint density at radius 3 is 2.37 bits per heavy atom. The van der Waals surface area contributed by atoms with E-state index in [-0.39, 0.29) is 48.3 Å². The standard InChI is InChI=1S/C18H19N3O5.HI/c1-13(22)19-15-6-8-16(9-7-15)26-18(24)25-12-21-10-4-5-14(11-21)17(23)20(2)3;/h4-11H,12H2,1-3H3;1H. The molecule has 2 amide bonds. The smallest absolute Gasteiger partial charge is 0.518 e. The molecule has 0 unspecified atom stereocenters. The van der Waals surface area contributed by atoms with Crippen LogP contribution in [0.4, 0.5) is 10.5 Å². The van der Waals surface area contributed by atoms with Crippen LogP contribution >= 0.6 is 0 Å². The van der Waals surface area contributed by atoms with E-state index in [4.69, 9.17) is 9.47 Å². The predicted molar refractivity (Wildman–Crippen MR) is 92.5 cm³/mol. The van der Waals surface area contributed by atoms with Crippen LogP contribution < -0.4 is 38.6 Å². The fourth-order valence-electron chi connectivity index (χ4n) is 2.05. The third kappa shape index (κ3) is 7.21. The van der Waals surface area contributed by atoms with Gasteiger partial charge in [0.2, 0.25) is 5.91 Å². The van der Waals surface area contributed by atoms with Crippen LogP contribution in [-0.4, -0.2) is 37.0 Å². The first-order valence-corrected chi connectivity index (χ1v) is 7.78. The first kappa shape index (κ1) is 22.4. The number of carbonyl (C=O) groups excluding carboxylic acids is 3. The molecule has 2 rings (SSSR count). The molecule has 0 spiro atoms. The number of nitrogens with zero attached hydrogens (tertiary/aromatic N) is 2. The third-order valence-corrected chi connectivity index (χ3v) is 3.22. The number of nitrogens with one attached hydrogen (secondary N) is 1. The molecule has 0 atom stereocenters. The van der Waals surface area contributed by atoms with Crippen LogP contribution in [0, 0.1) is 0 Å². The van der Waals surface area contributed by atoms with Crippen molar-refractivity contribution in [2.24, 2.45) is 0 Å². The van der Waals surface area contributed by atoms with Crippen LogP contribution in [0.5, 0.6) is 5.75 Å². The van der Waals surface area contributed by atoms with E-state index >= 15 is 0 Å². The fourth-order valence-corrected chi connectivity index (χ4v) is 2.05. The molecule has 0 radical (unpaired) electrons. The van der Waals surface area contributed by atoms with Gasteiger partial charge in [0, 0.05) is 32.8 Å². The van der Waals surface area contributed by atoms with Gasteiger partial charge in [0.1, 0.15) is 11.3 Å². The minimum absolute atomic E-state index is 0. The minimum Gasteiger partial charge on any atom is -1.00 e. The van der Waals surface area contributed by atoms with E-state index in [2.05, 4.69) is 5.32 Å². The Morgan fingerprint density at radius 2 is 1.78 bits per heavy atom. The third-order valence-electron chi connectivity index (χ3n) is 3.22. The first-order valence-electron chi connectivity index (χ1n) is 7.78. The van der Waals surface area contributed by atoms with Crippen LogP contribution in [0.1, 0.15) is 17.3 Å². The van der Waals surface area contributed by atoms with Crippen molar-refractivity contribution in [1.82, 2.24) is 4.90 Å². The zero-order chi connectivity index (χ0) is 19.1. The van der Waals surface area contributed by atoms with Crippen molar-refractivity contribution in [1.29, 1.82) is 0 Å². The molecule has 0 fully saturated rings. The Kier molecular flexibility index (Phi) is 8.66. The van der Waals surface area contributed by atoms with Crippen molar-refractivity contribution in [2.45, 2.75) is 13.7 Å².